The van der Waals surface area contributed by atoms with E-state index in [1.165, 1.54) is 6.42 Å². The summed E-state index contributed by atoms with van der Waals surface area (Å²) in [4.78, 5) is 0. The number of anilines is 1. The number of rotatable bonds is 5. The van der Waals surface area contributed by atoms with E-state index in [1.54, 1.807) is 0 Å². The summed E-state index contributed by atoms with van der Waals surface area (Å²) in [5.41, 5.74) is 2.21. The van der Waals surface area contributed by atoms with Crippen molar-refractivity contribution in [3.05, 3.63) is 29.8 Å². The van der Waals surface area contributed by atoms with Gasteiger partial charge in [0, 0.05) is 12.2 Å². The third kappa shape index (κ3) is 4.03. The van der Waals surface area contributed by atoms with Gasteiger partial charge in [-0.2, -0.15) is 5.26 Å². The van der Waals surface area contributed by atoms with Gasteiger partial charge in [0.2, 0.25) is 0 Å². The Hall–Kier alpha value is -1.49. The third-order valence-electron chi connectivity index (χ3n) is 2.59. The van der Waals surface area contributed by atoms with Crippen molar-refractivity contribution in [3.8, 4) is 6.07 Å². The average molecular weight is 202 g/mol. The molecular weight excluding hydrogens is 184 g/mol. The van der Waals surface area contributed by atoms with Gasteiger partial charge in [0.25, 0.3) is 0 Å². The Kier molecular flexibility index (Phi) is 4.70. The van der Waals surface area contributed by atoms with Crippen LogP contribution in [0.1, 0.15) is 25.8 Å². The molecule has 0 aliphatic heterocycles. The Morgan fingerprint density at radius 1 is 1.33 bits per heavy atom. The highest BCUT2D eigenvalue weighted by Gasteiger charge is 1.98. The molecule has 0 bridgehead atoms. The fourth-order valence-electron chi connectivity index (χ4n) is 1.27. The number of nitrogens with one attached hydrogen (secondary N) is 1. The fraction of sp³-hybridized carbons (Fsp3) is 0.462. The summed E-state index contributed by atoms with van der Waals surface area (Å²) < 4.78 is 0. The van der Waals surface area contributed by atoms with Gasteiger partial charge in [-0.15, -0.1) is 0 Å². The molecule has 0 aromatic heterocycles. The van der Waals surface area contributed by atoms with Crippen LogP contribution in [0.3, 0.4) is 0 Å². The first-order valence-corrected chi connectivity index (χ1v) is 5.46. The lowest BCUT2D eigenvalue weighted by Crippen LogP contribution is -2.09. The quantitative estimate of drug-likeness (QED) is 0.795. The number of hydrogen-bond donors (Lipinski definition) is 1. The molecule has 0 unspecified atom stereocenters. The number of hydrogen-bond acceptors (Lipinski definition) is 2. The minimum atomic E-state index is 0.492. The Bertz CT molecular complexity index is 321. The van der Waals surface area contributed by atoms with Crippen molar-refractivity contribution in [2.45, 2.75) is 26.7 Å². The van der Waals surface area contributed by atoms with E-state index < -0.39 is 0 Å². The van der Waals surface area contributed by atoms with Gasteiger partial charge in [0.1, 0.15) is 0 Å². The molecule has 0 saturated heterocycles. The molecule has 0 radical (unpaired) electrons. The first-order valence-electron chi connectivity index (χ1n) is 5.46. The van der Waals surface area contributed by atoms with Gasteiger partial charge >= 0.3 is 0 Å². The predicted molar refractivity (Wildman–Crippen MR) is 63.7 cm³/mol. The van der Waals surface area contributed by atoms with Gasteiger partial charge in [0.15, 0.2) is 0 Å². The monoisotopic (exact) mass is 202 g/mol. The van der Waals surface area contributed by atoms with Gasteiger partial charge < -0.3 is 5.32 Å². The third-order valence-corrected chi connectivity index (χ3v) is 2.59. The zero-order valence-electron chi connectivity index (χ0n) is 9.46. The van der Waals surface area contributed by atoms with Gasteiger partial charge in [-0.05, 0) is 23.6 Å². The second-order valence-corrected chi connectivity index (χ2v) is 3.93. The van der Waals surface area contributed by atoms with E-state index in [1.807, 2.05) is 24.3 Å². The van der Waals surface area contributed by atoms with Crippen molar-refractivity contribution in [3.63, 3.8) is 0 Å². The van der Waals surface area contributed by atoms with E-state index in [9.17, 15) is 0 Å². The van der Waals surface area contributed by atoms with Crippen molar-refractivity contribution in [2.24, 2.45) is 5.92 Å². The summed E-state index contributed by atoms with van der Waals surface area (Å²) in [7, 11) is 0. The first kappa shape index (κ1) is 11.6. The van der Waals surface area contributed by atoms with Gasteiger partial charge in [-0.3, -0.25) is 0 Å². The SMILES string of the molecule is CC[C@H](C)CNc1ccc(CC#N)cc1. The molecule has 15 heavy (non-hydrogen) atoms. The lowest BCUT2D eigenvalue weighted by Gasteiger charge is -2.11. The largest absolute Gasteiger partial charge is 0.385 e. The standard InChI is InChI=1S/C13H18N2/c1-3-11(2)10-15-13-6-4-12(5-7-13)8-9-14/h4-7,11,15H,3,8,10H2,1-2H3/t11-/m0/s1. The van der Waals surface area contributed by atoms with Crippen molar-refractivity contribution in [1.29, 1.82) is 5.26 Å². The molecule has 0 saturated carbocycles. The van der Waals surface area contributed by atoms with Crippen LogP contribution in [0.25, 0.3) is 0 Å². The maximum Gasteiger partial charge on any atom is 0.0669 e. The molecule has 0 amide bonds. The molecule has 80 valence electrons. The smallest absolute Gasteiger partial charge is 0.0669 e. The van der Waals surface area contributed by atoms with Crippen LogP contribution in [0.4, 0.5) is 5.69 Å². The van der Waals surface area contributed by atoms with Crippen LogP contribution in [0, 0.1) is 17.2 Å². The Morgan fingerprint density at radius 2 is 2.00 bits per heavy atom. The number of nitrogens with zero attached hydrogens (tertiary/aromatic N) is 1. The van der Waals surface area contributed by atoms with Gasteiger partial charge in [-0.1, -0.05) is 32.4 Å². The molecule has 1 aromatic carbocycles. The van der Waals surface area contributed by atoms with Crippen LogP contribution < -0.4 is 5.32 Å². The van der Waals surface area contributed by atoms with E-state index >= 15 is 0 Å². The molecule has 1 N–H and O–H groups in total. The summed E-state index contributed by atoms with van der Waals surface area (Å²) in [5.74, 6) is 0.698. The molecule has 1 aromatic rings. The summed E-state index contributed by atoms with van der Waals surface area (Å²) in [5, 5.41) is 11.9. The van der Waals surface area contributed by atoms with Crippen LogP contribution >= 0.6 is 0 Å². The lowest BCUT2D eigenvalue weighted by atomic mass is 10.1. The maximum absolute atomic E-state index is 8.53. The molecule has 0 aliphatic carbocycles. The molecule has 0 aliphatic rings. The lowest BCUT2D eigenvalue weighted by molar-refractivity contribution is 0.593. The van der Waals surface area contributed by atoms with E-state index in [-0.39, 0.29) is 0 Å². The minimum Gasteiger partial charge on any atom is -0.385 e. The molecule has 0 spiro atoms. The maximum atomic E-state index is 8.53. The highest BCUT2D eigenvalue weighted by atomic mass is 14.9. The summed E-state index contributed by atoms with van der Waals surface area (Å²) >= 11 is 0. The first-order chi connectivity index (χ1) is 7.26. The Balaban J connectivity index is 2.46. The highest BCUT2D eigenvalue weighted by Crippen LogP contribution is 2.11. The van der Waals surface area contributed by atoms with Crippen LogP contribution in [0.5, 0.6) is 0 Å². The topological polar surface area (TPSA) is 35.8 Å². The van der Waals surface area contributed by atoms with Gasteiger partial charge in [-0.25, -0.2) is 0 Å². The normalized spacial score (nSPS) is 11.8. The molecule has 1 rings (SSSR count). The van der Waals surface area contributed by atoms with E-state index in [0.717, 1.165) is 17.8 Å². The number of benzene rings is 1. The Labute approximate surface area is 91.9 Å². The highest BCUT2D eigenvalue weighted by molar-refractivity contribution is 5.44. The van der Waals surface area contributed by atoms with E-state index in [4.69, 9.17) is 5.26 Å². The molecule has 2 nitrogen and oxygen atoms in total. The Morgan fingerprint density at radius 3 is 2.53 bits per heavy atom. The van der Waals surface area contributed by atoms with E-state index in [2.05, 4.69) is 25.2 Å². The van der Waals surface area contributed by atoms with Crippen LogP contribution in [-0.4, -0.2) is 6.54 Å². The molecule has 0 heterocycles. The predicted octanol–water partition coefficient (Wildman–Crippen LogP) is 3.21. The molecular formula is C13H18N2. The minimum absolute atomic E-state index is 0.492. The van der Waals surface area contributed by atoms with Crippen molar-refractivity contribution in [2.75, 3.05) is 11.9 Å². The fourth-order valence-corrected chi connectivity index (χ4v) is 1.27. The second kappa shape index (κ2) is 6.08. The van der Waals surface area contributed by atoms with Crippen LogP contribution in [0.15, 0.2) is 24.3 Å². The summed E-state index contributed by atoms with van der Waals surface area (Å²) in [6, 6.07) is 10.2. The van der Waals surface area contributed by atoms with Crippen LogP contribution in [0.2, 0.25) is 0 Å². The van der Waals surface area contributed by atoms with Gasteiger partial charge in [0.05, 0.1) is 12.5 Å². The zero-order chi connectivity index (χ0) is 11.1. The molecule has 0 fully saturated rings. The van der Waals surface area contributed by atoms with Crippen molar-refractivity contribution >= 4 is 5.69 Å². The zero-order valence-corrected chi connectivity index (χ0v) is 9.46. The van der Waals surface area contributed by atoms with Crippen molar-refractivity contribution < 1.29 is 0 Å². The number of nitriles is 1. The van der Waals surface area contributed by atoms with Crippen LogP contribution in [-0.2, 0) is 6.42 Å². The average Bonchev–Trinajstić information content (AvgIpc) is 2.28. The summed E-state index contributed by atoms with van der Waals surface area (Å²) in [6.07, 6.45) is 1.69. The molecule has 1 atom stereocenters. The molecule has 2 heteroatoms. The second-order valence-electron chi connectivity index (χ2n) is 3.93. The van der Waals surface area contributed by atoms with Crippen molar-refractivity contribution in [1.82, 2.24) is 0 Å². The summed E-state index contributed by atoms with van der Waals surface area (Å²) in [6.45, 7) is 5.44. The van der Waals surface area contributed by atoms with E-state index in [0.29, 0.717) is 12.3 Å².